The van der Waals surface area contributed by atoms with Crippen LogP contribution < -0.4 is 0 Å². The number of rotatable bonds is 17. The summed E-state index contributed by atoms with van der Waals surface area (Å²) in [5.74, 6) is -2.16. The Balaban J connectivity index is 3.50. The molecule has 0 bridgehead atoms. The molecular formula is C21H39NO3. The van der Waals surface area contributed by atoms with Gasteiger partial charge in [-0.1, -0.05) is 90.4 Å². The average Bonchev–Trinajstić information content (AvgIpc) is 2.60. The molecular weight excluding hydrogens is 314 g/mol. The first kappa shape index (κ1) is 23.9. The fourth-order valence-corrected chi connectivity index (χ4v) is 3.20. The fourth-order valence-electron chi connectivity index (χ4n) is 3.20. The van der Waals surface area contributed by atoms with Gasteiger partial charge in [-0.2, -0.15) is 5.26 Å². The Morgan fingerprint density at radius 2 is 1.24 bits per heavy atom. The second-order valence-corrected chi connectivity index (χ2v) is 7.43. The Morgan fingerprint density at radius 1 is 0.880 bits per heavy atom. The van der Waals surface area contributed by atoms with Crippen molar-refractivity contribution in [3.05, 3.63) is 0 Å². The molecule has 25 heavy (non-hydrogen) atoms. The molecule has 4 nitrogen and oxygen atoms in total. The lowest BCUT2D eigenvalue weighted by atomic mass is 9.85. The van der Waals surface area contributed by atoms with Crippen LogP contribution >= 0.6 is 0 Å². The molecule has 0 saturated heterocycles. The van der Waals surface area contributed by atoms with Crippen LogP contribution in [0, 0.1) is 17.2 Å². The summed E-state index contributed by atoms with van der Waals surface area (Å²) in [5.41, 5.74) is -1.90. The first-order chi connectivity index (χ1) is 12.0. The molecule has 4 heteroatoms. The minimum absolute atomic E-state index is 0.162. The average molecular weight is 354 g/mol. The quantitative estimate of drug-likeness (QED) is 0.322. The van der Waals surface area contributed by atoms with E-state index in [2.05, 4.69) is 6.92 Å². The lowest BCUT2D eigenvalue weighted by Crippen LogP contribution is -2.44. The van der Waals surface area contributed by atoms with Gasteiger partial charge in [0, 0.05) is 0 Å². The number of aliphatic carboxylic acids is 1. The zero-order valence-corrected chi connectivity index (χ0v) is 16.4. The third-order valence-corrected chi connectivity index (χ3v) is 5.19. The fraction of sp³-hybridized carbons (Fsp3) is 0.905. The van der Waals surface area contributed by atoms with E-state index in [9.17, 15) is 9.90 Å². The number of unbranched alkanes of at least 4 members (excludes halogenated alkanes) is 13. The maximum absolute atomic E-state index is 11.2. The second-order valence-electron chi connectivity index (χ2n) is 7.43. The third kappa shape index (κ3) is 11.2. The molecule has 0 radical (unpaired) electrons. The molecule has 0 fully saturated rings. The van der Waals surface area contributed by atoms with E-state index in [-0.39, 0.29) is 6.42 Å². The van der Waals surface area contributed by atoms with Crippen LogP contribution in [-0.2, 0) is 4.79 Å². The van der Waals surface area contributed by atoms with E-state index in [0.29, 0.717) is 6.42 Å². The number of carboxylic acids is 1. The van der Waals surface area contributed by atoms with Crippen molar-refractivity contribution in [3.8, 4) is 6.07 Å². The Labute approximate surface area is 154 Å². The number of carbonyl (C=O) groups is 1. The first-order valence-electron chi connectivity index (χ1n) is 10.3. The maximum Gasteiger partial charge on any atom is 0.337 e. The monoisotopic (exact) mass is 353 g/mol. The van der Waals surface area contributed by atoms with Gasteiger partial charge in [0.1, 0.15) is 0 Å². The van der Waals surface area contributed by atoms with Gasteiger partial charge in [0.25, 0.3) is 0 Å². The summed E-state index contributed by atoms with van der Waals surface area (Å²) in [7, 11) is 0. The van der Waals surface area contributed by atoms with E-state index in [1.165, 1.54) is 77.6 Å². The molecule has 146 valence electrons. The molecule has 2 N–H and O–H groups in total. The number of nitrogens with zero attached hydrogens (tertiary/aromatic N) is 1. The van der Waals surface area contributed by atoms with Gasteiger partial charge in [-0.3, -0.25) is 0 Å². The molecule has 2 unspecified atom stereocenters. The zero-order chi connectivity index (χ0) is 19.0. The molecule has 2 atom stereocenters. The molecule has 0 aromatic carbocycles. The van der Waals surface area contributed by atoms with Crippen LogP contribution in [0.5, 0.6) is 0 Å². The van der Waals surface area contributed by atoms with Crippen molar-refractivity contribution in [2.75, 3.05) is 0 Å². The van der Waals surface area contributed by atoms with Crippen molar-refractivity contribution < 1.29 is 15.0 Å². The summed E-state index contributed by atoms with van der Waals surface area (Å²) in [6.07, 6.45) is 17.4. The SMILES string of the molecule is CCCCCCCCCCCCCCCCC(O)(C(=O)O)C(C)C#N. The third-order valence-electron chi connectivity index (χ3n) is 5.19. The molecule has 0 saturated carbocycles. The van der Waals surface area contributed by atoms with E-state index in [1.54, 1.807) is 0 Å². The van der Waals surface area contributed by atoms with Crippen molar-refractivity contribution >= 4 is 5.97 Å². The Bertz CT molecular complexity index is 378. The smallest absolute Gasteiger partial charge is 0.337 e. The normalized spacial score (nSPS) is 14.6. The number of nitriles is 1. The number of aliphatic hydroxyl groups is 1. The Kier molecular flexibility index (Phi) is 14.5. The molecule has 0 aliphatic heterocycles. The largest absolute Gasteiger partial charge is 0.479 e. The van der Waals surface area contributed by atoms with Crippen LogP contribution in [0.15, 0.2) is 0 Å². The summed E-state index contributed by atoms with van der Waals surface area (Å²) in [6, 6.07) is 1.86. The second kappa shape index (κ2) is 15.2. The maximum atomic E-state index is 11.2. The van der Waals surface area contributed by atoms with Crippen molar-refractivity contribution in [1.29, 1.82) is 5.26 Å². The van der Waals surface area contributed by atoms with Gasteiger partial charge in [-0.05, 0) is 19.8 Å². The topological polar surface area (TPSA) is 81.3 Å². The minimum atomic E-state index is -1.90. The van der Waals surface area contributed by atoms with Crippen molar-refractivity contribution in [2.45, 2.75) is 116 Å². The van der Waals surface area contributed by atoms with Gasteiger partial charge in [0.05, 0.1) is 12.0 Å². The van der Waals surface area contributed by atoms with E-state index >= 15 is 0 Å². The zero-order valence-electron chi connectivity index (χ0n) is 16.4. The summed E-state index contributed by atoms with van der Waals surface area (Å²) >= 11 is 0. The van der Waals surface area contributed by atoms with Crippen molar-refractivity contribution in [2.24, 2.45) is 5.92 Å². The summed E-state index contributed by atoms with van der Waals surface area (Å²) < 4.78 is 0. The lowest BCUT2D eigenvalue weighted by molar-refractivity contribution is -0.163. The first-order valence-corrected chi connectivity index (χ1v) is 10.3. The molecule has 0 aliphatic carbocycles. The van der Waals surface area contributed by atoms with Crippen LogP contribution in [0.25, 0.3) is 0 Å². The van der Waals surface area contributed by atoms with Gasteiger partial charge in [0.2, 0.25) is 0 Å². The predicted molar refractivity (Wildman–Crippen MR) is 102 cm³/mol. The summed E-state index contributed by atoms with van der Waals surface area (Å²) in [5, 5.41) is 28.1. The summed E-state index contributed by atoms with van der Waals surface area (Å²) in [6.45, 7) is 3.72. The number of hydrogen-bond acceptors (Lipinski definition) is 3. The molecule has 0 aromatic heterocycles. The van der Waals surface area contributed by atoms with Gasteiger partial charge in [0.15, 0.2) is 5.60 Å². The van der Waals surface area contributed by atoms with Crippen LogP contribution in [0.3, 0.4) is 0 Å². The molecule has 0 heterocycles. The standard InChI is InChI=1S/C21H39NO3/c1-3-4-5-6-7-8-9-10-11-12-13-14-15-16-17-21(25,20(23)24)19(2)18-22/h19,25H,3-17H2,1-2H3,(H,23,24). The van der Waals surface area contributed by atoms with Gasteiger partial charge < -0.3 is 10.2 Å². The lowest BCUT2D eigenvalue weighted by Gasteiger charge is -2.25. The van der Waals surface area contributed by atoms with Crippen molar-refractivity contribution in [3.63, 3.8) is 0 Å². The predicted octanol–water partition coefficient (Wildman–Crippen LogP) is 5.83. The van der Waals surface area contributed by atoms with Gasteiger partial charge in [-0.25, -0.2) is 4.79 Å². The molecule has 0 aliphatic rings. The highest BCUT2D eigenvalue weighted by molar-refractivity contribution is 5.78. The molecule has 0 aromatic rings. The highest BCUT2D eigenvalue weighted by Crippen LogP contribution is 2.25. The van der Waals surface area contributed by atoms with Crippen LogP contribution in [0.1, 0.15) is 110 Å². The van der Waals surface area contributed by atoms with E-state index in [4.69, 9.17) is 10.4 Å². The van der Waals surface area contributed by atoms with Crippen LogP contribution in [0.2, 0.25) is 0 Å². The highest BCUT2D eigenvalue weighted by Gasteiger charge is 2.41. The van der Waals surface area contributed by atoms with Crippen LogP contribution in [0.4, 0.5) is 0 Å². The van der Waals surface area contributed by atoms with Crippen LogP contribution in [-0.4, -0.2) is 21.8 Å². The van der Waals surface area contributed by atoms with Gasteiger partial charge >= 0.3 is 5.97 Å². The van der Waals surface area contributed by atoms with E-state index < -0.39 is 17.5 Å². The summed E-state index contributed by atoms with van der Waals surface area (Å²) in [4.78, 5) is 11.2. The molecule has 0 spiro atoms. The van der Waals surface area contributed by atoms with E-state index in [0.717, 1.165) is 12.8 Å². The van der Waals surface area contributed by atoms with Crippen molar-refractivity contribution in [1.82, 2.24) is 0 Å². The molecule has 0 amide bonds. The minimum Gasteiger partial charge on any atom is -0.479 e. The Morgan fingerprint density at radius 3 is 1.56 bits per heavy atom. The number of carboxylic acid groups (broad SMARTS) is 1. The Hall–Kier alpha value is -1.08. The van der Waals surface area contributed by atoms with Gasteiger partial charge in [-0.15, -0.1) is 0 Å². The number of hydrogen-bond donors (Lipinski definition) is 2. The molecule has 0 rings (SSSR count). The highest BCUT2D eigenvalue weighted by atomic mass is 16.4. The van der Waals surface area contributed by atoms with E-state index in [1.807, 2.05) is 6.07 Å².